The molecule has 1 aromatic carbocycles. The Morgan fingerprint density at radius 2 is 2.00 bits per heavy atom. The number of hydrogen-bond acceptors (Lipinski definition) is 1. The van der Waals surface area contributed by atoms with E-state index in [4.69, 9.17) is 11.6 Å². The van der Waals surface area contributed by atoms with E-state index in [1.165, 1.54) is 15.8 Å². The predicted molar refractivity (Wildman–Crippen MR) is 75.6 cm³/mol. The molecule has 0 radical (unpaired) electrons. The van der Waals surface area contributed by atoms with Crippen molar-refractivity contribution in [2.75, 3.05) is 0 Å². The maximum atomic E-state index is 13.5. The Balaban J connectivity index is 2.47. The first-order valence-electron chi connectivity index (χ1n) is 5.15. The van der Waals surface area contributed by atoms with Crippen LogP contribution < -0.4 is 0 Å². The van der Waals surface area contributed by atoms with Gasteiger partial charge in [-0.05, 0) is 53.0 Å². The quantitative estimate of drug-likeness (QED) is 0.628. The first-order valence-corrected chi connectivity index (χ1v) is 7.20. The van der Waals surface area contributed by atoms with Crippen molar-refractivity contribution < 1.29 is 4.39 Å². The lowest BCUT2D eigenvalue weighted by Gasteiger charge is -2.12. The van der Waals surface area contributed by atoms with Gasteiger partial charge in [0.1, 0.15) is 5.82 Å². The van der Waals surface area contributed by atoms with Crippen LogP contribution >= 0.6 is 38.9 Å². The molecule has 90 valence electrons. The van der Waals surface area contributed by atoms with Crippen LogP contribution in [0.15, 0.2) is 28.7 Å². The minimum atomic E-state index is -0.315. The summed E-state index contributed by atoms with van der Waals surface area (Å²) < 4.78 is 13.9. The topological polar surface area (TPSA) is 0 Å². The van der Waals surface area contributed by atoms with Crippen molar-refractivity contribution in [3.05, 3.63) is 55.4 Å². The number of thiophene rings is 1. The molecule has 17 heavy (non-hydrogen) atoms. The molecule has 2 rings (SSSR count). The Bertz CT molecular complexity index is 550. The summed E-state index contributed by atoms with van der Waals surface area (Å²) in [5, 5.41) is -0.315. The fourth-order valence-corrected chi connectivity index (χ4v) is 3.85. The molecule has 2 aromatic rings. The van der Waals surface area contributed by atoms with E-state index in [2.05, 4.69) is 22.0 Å². The van der Waals surface area contributed by atoms with E-state index >= 15 is 0 Å². The number of benzene rings is 1. The van der Waals surface area contributed by atoms with Crippen LogP contribution in [0.25, 0.3) is 0 Å². The maximum Gasteiger partial charge on any atom is 0.137 e. The zero-order valence-electron chi connectivity index (χ0n) is 9.43. The average Bonchev–Trinajstić information content (AvgIpc) is 2.61. The third-order valence-electron chi connectivity index (χ3n) is 2.61. The van der Waals surface area contributed by atoms with Gasteiger partial charge in [0, 0.05) is 9.75 Å². The summed E-state index contributed by atoms with van der Waals surface area (Å²) in [6.07, 6.45) is 0. The molecule has 0 amide bonds. The van der Waals surface area contributed by atoms with Crippen LogP contribution in [-0.2, 0) is 0 Å². The van der Waals surface area contributed by atoms with Gasteiger partial charge in [0.15, 0.2) is 0 Å². The van der Waals surface area contributed by atoms with E-state index < -0.39 is 0 Å². The second kappa shape index (κ2) is 5.09. The Morgan fingerprint density at radius 3 is 2.59 bits per heavy atom. The van der Waals surface area contributed by atoms with Gasteiger partial charge in [-0.25, -0.2) is 4.39 Å². The van der Waals surface area contributed by atoms with Gasteiger partial charge in [0.05, 0.1) is 9.85 Å². The first kappa shape index (κ1) is 13.1. The summed E-state index contributed by atoms with van der Waals surface area (Å²) in [5.74, 6) is -0.280. The Hall–Kier alpha value is -0.380. The minimum absolute atomic E-state index is 0.280. The van der Waals surface area contributed by atoms with E-state index in [1.54, 1.807) is 17.4 Å². The molecule has 0 aliphatic heterocycles. The fraction of sp³-hybridized carbons (Fsp3) is 0.231. The molecule has 0 aliphatic carbocycles. The molecule has 1 unspecified atom stereocenters. The molecule has 0 N–H and O–H groups in total. The van der Waals surface area contributed by atoms with Crippen molar-refractivity contribution in [3.8, 4) is 0 Å². The van der Waals surface area contributed by atoms with Crippen LogP contribution in [0, 0.1) is 19.7 Å². The molecular formula is C13H11BrClFS. The summed E-state index contributed by atoms with van der Waals surface area (Å²) in [6, 6.07) is 7.01. The summed E-state index contributed by atoms with van der Waals surface area (Å²) in [6.45, 7) is 4.08. The van der Waals surface area contributed by atoms with E-state index in [-0.39, 0.29) is 11.2 Å². The van der Waals surface area contributed by atoms with E-state index in [0.29, 0.717) is 4.47 Å². The van der Waals surface area contributed by atoms with Gasteiger partial charge >= 0.3 is 0 Å². The van der Waals surface area contributed by atoms with E-state index in [1.807, 2.05) is 19.9 Å². The monoisotopic (exact) mass is 332 g/mol. The highest BCUT2D eigenvalue weighted by atomic mass is 79.9. The SMILES string of the molecule is Cc1cc(C(Cl)c2cccc(F)c2Br)c(C)s1. The molecule has 0 bridgehead atoms. The molecular weight excluding hydrogens is 323 g/mol. The van der Waals surface area contributed by atoms with Gasteiger partial charge < -0.3 is 0 Å². The van der Waals surface area contributed by atoms with Gasteiger partial charge in [-0.15, -0.1) is 22.9 Å². The van der Waals surface area contributed by atoms with Crippen LogP contribution in [0.3, 0.4) is 0 Å². The second-order valence-electron chi connectivity index (χ2n) is 3.87. The Labute approximate surface area is 118 Å². The highest BCUT2D eigenvalue weighted by molar-refractivity contribution is 9.10. The van der Waals surface area contributed by atoms with Crippen LogP contribution in [0.1, 0.15) is 26.3 Å². The second-order valence-corrected chi connectivity index (χ2v) is 6.56. The average molecular weight is 334 g/mol. The van der Waals surface area contributed by atoms with Crippen molar-refractivity contribution in [1.29, 1.82) is 0 Å². The van der Waals surface area contributed by atoms with Crippen molar-refractivity contribution in [3.63, 3.8) is 0 Å². The Kier molecular flexibility index (Phi) is 3.91. The zero-order chi connectivity index (χ0) is 12.6. The van der Waals surface area contributed by atoms with Gasteiger partial charge in [0.25, 0.3) is 0 Å². The van der Waals surface area contributed by atoms with Gasteiger partial charge in [0.2, 0.25) is 0 Å². The highest BCUT2D eigenvalue weighted by Gasteiger charge is 2.19. The van der Waals surface area contributed by atoms with Crippen molar-refractivity contribution in [1.82, 2.24) is 0 Å². The molecule has 0 saturated heterocycles. The largest absolute Gasteiger partial charge is 0.206 e. The van der Waals surface area contributed by atoms with Crippen molar-refractivity contribution in [2.24, 2.45) is 0 Å². The number of aryl methyl sites for hydroxylation is 2. The normalized spacial score (nSPS) is 12.8. The van der Waals surface area contributed by atoms with E-state index in [9.17, 15) is 4.39 Å². The van der Waals surface area contributed by atoms with Gasteiger partial charge in [-0.3, -0.25) is 0 Å². The maximum absolute atomic E-state index is 13.5. The number of rotatable bonds is 2. The number of halogens is 3. The molecule has 0 aliphatic rings. The molecule has 1 aromatic heterocycles. The highest BCUT2D eigenvalue weighted by Crippen LogP contribution is 2.38. The number of hydrogen-bond donors (Lipinski definition) is 0. The standard InChI is InChI=1S/C13H11BrClFS/c1-7-6-10(8(2)17-7)13(15)9-4-3-5-11(16)12(9)14/h3-6,13H,1-2H3. The lowest BCUT2D eigenvalue weighted by Crippen LogP contribution is -1.96. The van der Waals surface area contributed by atoms with E-state index in [0.717, 1.165) is 11.1 Å². The van der Waals surface area contributed by atoms with Crippen LogP contribution in [0.2, 0.25) is 0 Å². The van der Waals surface area contributed by atoms with Gasteiger partial charge in [-0.2, -0.15) is 0 Å². The molecule has 0 fully saturated rings. The van der Waals surface area contributed by atoms with Crippen LogP contribution in [0.5, 0.6) is 0 Å². The third kappa shape index (κ3) is 2.56. The number of alkyl halides is 1. The molecule has 0 spiro atoms. The summed E-state index contributed by atoms with van der Waals surface area (Å²) in [7, 11) is 0. The third-order valence-corrected chi connectivity index (χ3v) is 4.90. The zero-order valence-corrected chi connectivity index (χ0v) is 12.6. The lowest BCUT2D eigenvalue weighted by molar-refractivity contribution is 0.618. The summed E-state index contributed by atoms with van der Waals surface area (Å²) >= 11 is 11.4. The van der Waals surface area contributed by atoms with Crippen molar-refractivity contribution >= 4 is 38.9 Å². The lowest BCUT2D eigenvalue weighted by atomic mass is 10.0. The first-order chi connectivity index (χ1) is 8.00. The van der Waals surface area contributed by atoms with Crippen molar-refractivity contribution in [2.45, 2.75) is 19.2 Å². The summed E-state index contributed by atoms with van der Waals surface area (Å²) in [5.41, 5.74) is 1.83. The minimum Gasteiger partial charge on any atom is -0.206 e. The van der Waals surface area contributed by atoms with Crippen LogP contribution in [-0.4, -0.2) is 0 Å². The smallest absolute Gasteiger partial charge is 0.137 e. The molecule has 4 heteroatoms. The molecule has 1 heterocycles. The Morgan fingerprint density at radius 1 is 1.29 bits per heavy atom. The molecule has 0 nitrogen and oxygen atoms in total. The summed E-state index contributed by atoms with van der Waals surface area (Å²) in [4.78, 5) is 2.40. The molecule has 0 saturated carbocycles. The van der Waals surface area contributed by atoms with Gasteiger partial charge in [-0.1, -0.05) is 12.1 Å². The van der Waals surface area contributed by atoms with Crippen LogP contribution in [0.4, 0.5) is 4.39 Å². The predicted octanol–water partition coefficient (Wildman–Crippen LogP) is 5.59. The fourth-order valence-electron chi connectivity index (χ4n) is 1.79. The molecule has 1 atom stereocenters.